The first-order valence-electron chi connectivity index (χ1n) is 49.1. The summed E-state index contributed by atoms with van der Waals surface area (Å²) >= 11 is 0. The molecule has 0 spiro atoms. The van der Waals surface area contributed by atoms with Gasteiger partial charge < -0.3 is 58.2 Å². The fraction of sp³-hybridized carbons (Fsp3) is 0.303. The number of anilines is 9. The lowest BCUT2D eigenvalue weighted by Crippen LogP contribution is -2.10. The number of nitrogens with zero attached hydrogens (tertiary/aromatic N) is 5. The average molecular weight is 1790 g/mol. The van der Waals surface area contributed by atoms with Crippen molar-refractivity contribution in [2.45, 2.75) is 196 Å². The Morgan fingerprint density at radius 3 is 0.731 bits per heavy atom. The molecule has 134 heavy (non-hydrogen) atoms. The van der Waals surface area contributed by atoms with E-state index in [1.807, 2.05) is 6.08 Å². The molecule has 0 unspecified atom stereocenters. The van der Waals surface area contributed by atoms with Crippen molar-refractivity contribution < 1.29 is 38.3 Å². The number of carboxylic acid groups (broad SMARTS) is 1. The summed E-state index contributed by atoms with van der Waals surface area (Å²) in [5, 5.41) is 10.00. The second kappa shape index (κ2) is 49.0. The molecule has 0 saturated heterocycles. The van der Waals surface area contributed by atoms with Gasteiger partial charge in [0.2, 0.25) is 0 Å². The van der Waals surface area contributed by atoms with Gasteiger partial charge in [-0.3, -0.25) is 0 Å². The van der Waals surface area contributed by atoms with Crippen LogP contribution < -0.4 is 43.1 Å². The lowest BCUT2D eigenvalue weighted by molar-refractivity contribution is 0.0696. The summed E-state index contributed by atoms with van der Waals surface area (Å²) in [6.45, 7) is 17.4. The van der Waals surface area contributed by atoms with Gasteiger partial charge in [-0.25, -0.2) is 14.8 Å². The van der Waals surface area contributed by atoms with Crippen LogP contribution in [0.1, 0.15) is 240 Å². The van der Waals surface area contributed by atoms with E-state index in [-0.39, 0.29) is 5.56 Å². The first-order valence-corrected chi connectivity index (χ1v) is 49.1. The van der Waals surface area contributed by atoms with Crippen molar-refractivity contribution in [1.29, 1.82) is 0 Å². The summed E-state index contributed by atoms with van der Waals surface area (Å²) in [7, 11) is 0. The first kappa shape index (κ1) is 94.7. The van der Waals surface area contributed by atoms with Crippen molar-refractivity contribution in [1.82, 2.24) is 19.9 Å². The van der Waals surface area contributed by atoms with Gasteiger partial charge in [-0.2, -0.15) is 0 Å². The number of carbonyl (C=O) groups is 1. The van der Waals surface area contributed by atoms with E-state index in [1.165, 1.54) is 77.0 Å². The van der Waals surface area contributed by atoms with E-state index >= 15 is 0 Å². The topological polar surface area (TPSA) is 160 Å². The molecule has 5 heterocycles. The molecular formula is C119H129N7O8. The summed E-state index contributed by atoms with van der Waals surface area (Å²) < 4.78 is 38.0. The van der Waals surface area contributed by atoms with Crippen LogP contribution in [0.4, 0.5) is 51.2 Å². The molecule has 10 aromatic carbocycles. The number of carboxylic acids is 1. The molecule has 0 aliphatic carbocycles. The van der Waals surface area contributed by atoms with Crippen LogP contribution in [0.3, 0.4) is 0 Å². The Kier molecular flexibility index (Phi) is 34.6. The summed E-state index contributed by atoms with van der Waals surface area (Å²) in [6.07, 6.45) is 35.5. The molecule has 688 valence electrons. The van der Waals surface area contributed by atoms with Crippen LogP contribution in [-0.2, 0) is 0 Å². The fourth-order valence-corrected chi connectivity index (χ4v) is 17.2. The van der Waals surface area contributed by atoms with Crippen LogP contribution in [0.25, 0.3) is 79.8 Å². The minimum absolute atomic E-state index is 0.173. The average Bonchev–Trinajstić information content (AvgIpc) is 1.60. The number of rotatable bonds is 49. The number of nitrogens with one attached hydrogen (secondary N) is 2. The molecule has 15 rings (SSSR count). The third-order valence-electron chi connectivity index (χ3n) is 24.6. The van der Waals surface area contributed by atoms with Crippen molar-refractivity contribution in [3.8, 4) is 79.7 Å². The quantitative estimate of drug-likeness (QED) is 0.0244. The summed E-state index contributed by atoms with van der Waals surface area (Å²) in [6, 6.07) is 92.1. The predicted octanol–water partition coefficient (Wildman–Crippen LogP) is 32.9. The molecule has 3 N–H and O–H groups in total. The zero-order valence-corrected chi connectivity index (χ0v) is 79.0. The number of unbranched alkanes of at least 4 members (excludes halogenated alkanes) is 18. The molecule has 13 aromatic rings. The van der Waals surface area contributed by atoms with Crippen LogP contribution in [0.15, 0.2) is 267 Å². The lowest BCUT2D eigenvalue weighted by Gasteiger charge is -2.26. The van der Waals surface area contributed by atoms with Gasteiger partial charge in [-0.05, 0) is 310 Å². The Balaban J connectivity index is 0.901. The molecule has 0 fully saturated rings. The van der Waals surface area contributed by atoms with Crippen LogP contribution in [0.2, 0.25) is 0 Å². The van der Waals surface area contributed by atoms with Gasteiger partial charge in [0, 0.05) is 90.0 Å². The number of hydrogen-bond donors (Lipinski definition) is 3. The van der Waals surface area contributed by atoms with Crippen molar-refractivity contribution in [2.24, 2.45) is 0 Å². The molecule has 2 aliphatic heterocycles. The van der Waals surface area contributed by atoms with E-state index in [0.29, 0.717) is 62.2 Å². The highest BCUT2D eigenvalue weighted by atomic mass is 16.5. The number of H-pyrrole nitrogens is 2. The SMILES string of the molecule is CCCCCCOc1ccc(N(c2ccc(OCCCCCC)cc2)c2ccc(-c3c4nc(c(-c5ccc(N(c6ccc(OCCCCCC)cc6)c6ccc(OCCCCCC)cc6)cc5)c5ccc([nH]5)c(-c5ccc(N(c6ccc(OCCCCCC)cc6)c6ccc(OCCCCCC)cc6)cc5)c5nc(c(C#Cc6ccc(C(=O)O)cc6)c6ccc3[nH]6)C=C5)C=C4)cc2)cc1. The highest BCUT2D eigenvalue weighted by molar-refractivity contribution is 5.99. The number of hydrogen-bond acceptors (Lipinski definition) is 12. The van der Waals surface area contributed by atoms with Gasteiger partial charge >= 0.3 is 5.97 Å². The van der Waals surface area contributed by atoms with E-state index in [0.717, 1.165) is 230 Å². The molecule has 0 saturated carbocycles. The molecular weight excluding hydrogens is 1660 g/mol. The monoisotopic (exact) mass is 1780 g/mol. The Labute approximate surface area is 793 Å². The number of aromatic carboxylic acids is 1. The second-order valence-corrected chi connectivity index (χ2v) is 34.7. The number of fused-ring (bicyclic) bond motifs is 8. The minimum Gasteiger partial charge on any atom is -0.494 e. The fourth-order valence-electron chi connectivity index (χ4n) is 17.2. The van der Waals surface area contributed by atoms with Gasteiger partial charge in [0.25, 0.3) is 0 Å². The van der Waals surface area contributed by atoms with Gasteiger partial charge in [-0.15, -0.1) is 0 Å². The molecule has 0 atom stereocenters. The van der Waals surface area contributed by atoms with Crippen LogP contribution >= 0.6 is 0 Å². The maximum atomic E-state index is 12.2. The van der Waals surface area contributed by atoms with Crippen LogP contribution in [0, 0.1) is 11.8 Å². The van der Waals surface area contributed by atoms with E-state index in [9.17, 15) is 9.90 Å². The zero-order valence-electron chi connectivity index (χ0n) is 79.0. The number of aromatic nitrogens is 4. The third-order valence-corrected chi connectivity index (χ3v) is 24.6. The van der Waals surface area contributed by atoms with Gasteiger partial charge in [-0.1, -0.05) is 205 Å². The Morgan fingerprint density at radius 1 is 0.261 bits per heavy atom. The van der Waals surface area contributed by atoms with E-state index in [1.54, 1.807) is 24.3 Å². The van der Waals surface area contributed by atoms with Gasteiger partial charge in [0.1, 0.15) is 34.5 Å². The highest BCUT2D eigenvalue weighted by Crippen LogP contribution is 2.45. The van der Waals surface area contributed by atoms with Crippen molar-refractivity contribution in [3.63, 3.8) is 0 Å². The van der Waals surface area contributed by atoms with Crippen molar-refractivity contribution in [2.75, 3.05) is 54.3 Å². The minimum atomic E-state index is -1.01. The maximum absolute atomic E-state index is 12.2. The second-order valence-electron chi connectivity index (χ2n) is 34.7. The number of benzene rings is 10. The standard InChI is InChI=1S/C119H129N7O8/c1-7-13-19-25-81-129-101-60-48-95(49-61-101)124(96-50-62-102(63-51-96)130-82-26-20-14-8-2)92-42-36-88(37-43-92)116-110-75-73-108(120-110)107(72-33-87-31-34-91(35-32-87)119(127)128)109-74-76-111(121-109)117(89-38-44-93(45-39-89)125(97-52-64-103(65-53-97)131-83-27-21-15-9-3)98-54-66-104(67-55-98)132-84-28-22-16-10-4)113-78-80-115(123-113)118(114-79-77-112(116)122-114)90-40-46-94(47-41-90)126(99-56-68-105(69-57-99)133-85-29-23-17-11-5)100-58-70-106(71-59-100)134-86-30-24-18-12-6/h31-32,34-71,73-80,120,123H,7-30,81-86H2,1-6H3,(H,127,128). The largest absolute Gasteiger partial charge is 0.494 e. The van der Waals surface area contributed by atoms with Crippen LogP contribution in [-0.4, -0.2) is 70.7 Å². The van der Waals surface area contributed by atoms with Gasteiger partial charge in [0.15, 0.2) is 0 Å². The summed E-state index contributed by atoms with van der Waals surface area (Å²) in [5.41, 5.74) is 21.5. The lowest BCUT2D eigenvalue weighted by atomic mass is 10.0. The zero-order chi connectivity index (χ0) is 92.4. The maximum Gasteiger partial charge on any atom is 0.335 e. The Morgan fingerprint density at radius 2 is 0.485 bits per heavy atom. The summed E-state index contributed by atoms with van der Waals surface area (Å²) in [4.78, 5) is 38.5. The first-order chi connectivity index (χ1) is 66.0. The molecule has 15 nitrogen and oxygen atoms in total. The smallest absolute Gasteiger partial charge is 0.335 e. The molecule has 8 bridgehead atoms. The molecule has 15 heteroatoms. The van der Waals surface area contributed by atoms with Crippen LogP contribution in [0.5, 0.6) is 34.5 Å². The van der Waals surface area contributed by atoms with E-state index in [2.05, 4.69) is 339 Å². The predicted molar refractivity (Wildman–Crippen MR) is 556 cm³/mol. The third kappa shape index (κ3) is 25.2. The normalized spacial score (nSPS) is 11.4. The van der Waals surface area contributed by atoms with Gasteiger partial charge in [0.05, 0.1) is 79.1 Å². The van der Waals surface area contributed by atoms with Crippen molar-refractivity contribution >= 4 is 104 Å². The van der Waals surface area contributed by atoms with Crippen molar-refractivity contribution in [3.05, 3.63) is 306 Å². The molecule has 2 aliphatic rings. The number of ether oxygens (including phenoxy) is 6. The molecule has 3 aromatic heterocycles. The Bertz CT molecular complexity index is 5880. The Hall–Kier alpha value is -14.0. The molecule has 0 amide bonds. The number of aromatic amines is 2. The highest BCUT2D eigenvalue weighted by Gasteiger charge is 2.24. The van der Waals surface area contributed by atoms with E-state index < -0.39 is 5.97 Å². The summed E-state index contributed by atoms with van der Waals surface area (Å²) in [5.74, 6) is 11.0. The van der Waals surface area contributed by atoms with E-state index in [4.69, 9.17) is 38.4 Å². The molecule has 0 radical (unpaired) electrons.